The van der Waals surface area contributed by atoms with E-state index in [2.05, 4.69) is 218 Å². The quantitative estimate of drug-likeness (QED) is 0.0524. The summed E-state index contributed by atoms with van der Waals surface area (Å²) in [5.41, 5.74) is -2.29. The number of nitrogens with one attached hydrogen (secondary N) is 3. The minimum atomic E-state index is -1.34. The predicted molar refractivity (Wildman–Crippen MR) is 369 cm³/mol. The van der Waals surface area contributed by atoms with E-state index >= 15 is 0 Å². The summed E-state index contributed by atoms with van der Waals surface area (Å²) in [5.74, 6) is -5.42. The van der Waals surface area contributed by atoms with E-state index < -0.39 is 73.0 Å². The minimum absolute atomic E-state index is 0.000484. The SMILES string of the molecule is CC1(C)CC(OC(=O)CCCCCCCCC(=O)OC2CC(C)(C)NC(C)(C)C2)CC(C)(C)N1.CN1C(C)(C)CC(OC(=O)CC(C(=O)OC2CC(C)(C)N(C)C(C)(C)C2)C(CC(=O)OC2CC(C)(C)NC(C)(C)C2)C(=O)OC2CC(C)(C)N(C)C(C)(C)C2)CC1(C)C. The fourth-order valence-corrected chi connectivity index (χ4v) is 17.9. The Bertz CT molecular complexity index is 2410. The van der Waals surface area contributed by atoms with Gasteiger partial charge >= 0.3 is 35.8 Å². The van der Waals surface area contributed by atoms with Gasteiger partial charge in [-0.3, -0.25) is 43.5 Å². The van der Waals surface area contributed by atoms with E-state index in [4.69, 9.17) is 28.4 Å². The van der Waals surface area contributed by atoms with Crippen LogP contribution in [-0.4, -0.2) is 175 Å². The Labute approximate surface area is 564 Å². The third kappa shape index (κ3) is 24.2. The number of likely N-dealkylation sites (tertiary alicyclic amines) is 3. The van der Waals surface area contributed by atoms with E-state index in [1.54, 1.807) is 0 Å². The lowest BCUT2D eigenvalue weighted by atomic mass is 9.78. The minimum Gasteiger partial charge on any atom is -0.462 e. The smallest absolute Gasteiger partial charge is 0.310 e. The van der Waals surface area contributed by atoms with Crippen molar-refractivity contribution in [2.75, 3.05) is 21.1 Å². The number of unbranched alkanes of at least 4 members (excludes halogenated alkanes) is 5. The molecule has 6 rings (SSSR count). The Morgan fingerprint density at radius 1 is 0.290 bits per heavy atom. The Morgan fingerprint density at radius 3 is 0.699 bits per heavy atom. The normalized spacial score (nSPS) is 26.6. The molecule has 0 amide bonds. The molecule has 6 heterocycles. The molecule has 0 saturated carbocycles. The van der Waals surface area contributed by atoms with Crippen LogP contribution in [0.4, 0.5) is 0 Å². The van der Waals surface area contributed by atoms with Gasteiger partial charge in [0.15, 0.2) is 0 Å². The average molecular weight is 1310 g/mol. The van der Waals surface area contributed by atoms with Crippen molar-refractivity contribution in [3.63, 3.8) is 0 Å². The maximum absolute atomic E-state index is 14.8. The molecule has 6 saturated heterocycles. The second-order valence-corrected chi connectivity index (χ2v) is 37.5. The molecule has 18 heteroatoms. The third-order valence-corrected chi connectivity index (χ3v) is 21.9. The van der Waals surface area contributed by atoms with Crippen molar-refractivity contribution in [3.8, 4) is 0 Å². The number of hydrogen-bond donors (Lipinski definition) is 3. The highest BCUT2D eigenvalue weighted by Gasteiger charge is 2.51. The van der Waals surface area contributed by atoms with Gasteiger partial charge in [-0.1, -0.05) is 25.7 Å². The van der Waals surface area contributed by atoms with Gasteiger partial charge in [0, 0.05) is 156 Å². The van der Waals surface area contributed by atoms with Crippen molar-refractivity contribution in [1.82, 2.24) is 30.7 Å². The second-order valence-electron chi connectivity index (χ2n) is 37.5. The van der Waals surface area contributed by atoms with Crippen molar-refractivity contribution in [3.05, 3.63) is 0 Å². The molecule has 0 aromatic heterocycles. The van der Waals surface area contributed by atoms with Crippen LogP contribution < -0.4 is 16.0 Å². The number of carbonyl (C=O) groups excluding carboxylic acids is 6. The summed E-state index contributed by atoms with van der Waals surface area (Å²) >= 11 is 0. The molecule has 6 aliphatic rings. The summed E-state index contributed by atoms with van der Waals surface area (Å²) in [4.78, 5) is 89.4. The zero-order valence-corrected chi connectivity index (χ0v) is 63.9. The van der Waals surface area contributed by atoms with Crippen LogP contribution in [-0.2, 0) is 57.2 Å². The van der Waals surface area contributed by atoms with Crippen LogP contribution >= 0.6 is 0 Å². The molecule has 18 nitrogen and oxygen atoms in total. The van der Waals surface area contributed by atoms with Crippen molar-refractivity contribution >= 4 is 35.8 Å². The summed E-state index contributed by atoms with van der Waals surface area (Å²) in [5, 5.41) is 10.9. The maximum Gasteiger partial charge on any atom is 0.310 e. The molecule has 2 atom stereocenters. The molecule has 3 N–H and O–H groups in total. The fourth-order valence-electron chi connectivity index (χ4n) is 17.9. The van der Waals surface area contributed by atoms with E-state index in [-0.39, 0.29) is 90.6 Å². The highest BCUT2D eigenvalue weighted by atomic mass is 16.6. The predicted octanol–water partition coefficient (Wildman–Crippen LogP) is 13.2. The topological polar surface area (TPSA) is 204 Å². The molecule has 2 unspecified atom stereocenters. The number of piperidine rings is 6. The summed E-state index contributed by atoms with van der Waals surface area (Å²) in [6.45, 7) is 51.2. The molecule has 6 fully saturated rings. The molecule has 6 aliphatic heterocycles. The first-order valence-electron chi connectivity index (χ1n) is 35.8. The van der Waals surface area contributed by atoms with E-state index in [0.29, 0.717) is 64.2 Å². The number of esters is 6. The molecule has 93 heavy (non-hydrogen) atoms. The number of rotatable bonds is 22. The van der Waals surface area contributed by atoms with Crippen molar-refractivity contribution in [2.24, 2.45) is 11.8 Å². The highest BCUT2D eigenvalue weighted by Crippen LogP contribution is 2.43. The standard InChI is InChI=1S/C47H84N4O8.C28H52N2O4/c1-40(2)22-30(23-41(3,4)48-40)56-36(52)20-34(38(54)58-32-26-44(9,10)50(18)45(11,12)27-32)35(39(55)59-33-28-46(13,14)51(19)47(15,16)29-33)21-37(53)57-31-24-42(5,6)49(17)43(7,8)25-31;1-25(2)17-21(18-26(3,4)29-25)33-23(31)15-13-11-9-10-12-14-16-24(32)34-22-19-27(5,6)30-28(7,8)20-22/h30-35,48H,20-29H2,1-19H3;21-22,29-30H,9-20H2,1-8H3. The molecule has 0 spiro atoms. The van der Waals surface area contributed by atoms with Crippen molar-refractivity contribution < 1.29 is 57.2 Å². The van der Waals surface area contributed by atoms with E-state index in [1.165, 1.54) is 0 Å². The molecule has 0 aliphatic carbocycles. The van der Waals surface area contributed by atoms with Crippen LogP contribution in [0.15, 0.2) is 0 Å². The third-order valence-electron chi connectivity index (χ3n) is 21.9. The molecule has 538 valence electrons. The van der Waals surface area contributed by atoms with Gasteiger partial charge in [0.2, 0.25) is 0 Å². The summed E-state index contributed by atoms with van der Waals surface area (Å²) in [6, 6.07) is 0. The number of ether oxygens (including phenoxy) is 6. The zero-order chi connectivity index (χ0) is 70.7. The molecule has 0 aromatic carbocycles. The lowest BCUT2D eigenvalue weighted by Gasteiger charge is -2.53. The van der Waals surface area contributed by atoms with Crippen LogP contribution in [0.2, 0.25) is 0 Å². The fraction of sp³-hybridized carbons (Fsp3) is 0.920. The first kappa shape index (κ1) is 80.3. The Morgan fingerprint density at radius 2 is 0.473 bits per heavy atom. The van der Waals surface area contributed by atoms with Crippen LogP contribution in [0.1, 0.15) is 307 Å². The summed E-state index contributed by atoms with van der Waals surface area (Å²) in [7, 11) is 6.25. The van der Waals surface area contributed by atoms with Crippen LogP contribution in [0, 0.1) is 11.8 Å². The van der Waals surface area contributed by atoms with E-state index in [1.807, 2.05) is 0 Å². The van der Waals surface area contributed by atoms with Gasteiger partial charge in [0.1, 0.15) is 36.6 Å². The first-order chi connectivity index (χ1) is 42.0. The monoisotopic (exact) mass is 1310 g/mol. The van der Waals surface area contributed by atoms with Gasteiger partial charge in [0.05, 0.1) is 24.7 Å². The van der Waals surface area contributed by atoms with Gasteiger partial charge in [-0.15, -0.1) is 0 Å². The van der Waals surface area contributed by atoms with Gasteiger partial charge < -0.3 is 44.4 Å². The Hall–Kier alpha value is -3.42. The molecular formula is C75H136N6O12. The number of hydrogen-bond acceptors (Lipinski definition) is 18. The second kappa shape index (κ2) is 30.0. The largest absolute Gasteiger partial charge is 0.462 e. The van der Waals surface area contributed by atoms with Gasteiger partial charge in [-0.2, -0.15) is 0 Å². The van der Waals surface area contributed by atoms with Crippen molar-refractivity contribution in [2.45, 2.75) is 411 Å². The maximum atomic E-state index is 14.8. The van der Waals surface area contributed by atoms with Gasteiger partial charge in [0.25, 0.3) is 0 Å². The summed E-state index contributed by atoms with van der Waals surface area (Å²) < 4.78 is 36.7. The van der Waals surface area contributed by atoms with Crippen LogP contribution in [0.3, 0.4) is 0 Å². The first-order valence-corrected chi connectivity index (χ1v) is 35.8. The molecule has 0 bridgehead atoms. The molecular weight excluding hydrogens is 1180 g/mol. The van der Waals surface area contributed by atoms with Crippen molar-refractivity contribution in [1.29, 1.82) is 0 Å². The lowest BCUT2D eigenvalue weighted by molar-refractivity contribution is -0.182. The lowest BCUT2D eigenvalue weighted by Crippen LogP contribution is -2.61. The number of carbonyl (C=O) groups is 6. The average Bonchev–Trinajstić information content (AvgIpc) is 0.791. The molecule has 0 radical (unpaired) electrons. The summed E-state index contributed by atoms with van der Waals surface area (Å²) in [6.07, 6.45) is 12.4. The highest BCUT2D eigenvalue weighted by molar-refractivity contribution is 5.89. The Kier molecular flexibility index (Phi) is 25.9. The van der Waals surface area contributed by atoms with Gasteiger partial charge in [-0.05, 0) is 200 Å². The van der Waals surface area contributed by atoms with E-state index in [9.17, 15) is 28.8 Å². The Balaban J connectivity index is 0.000000391. The van der Waals surface area contributed by atoms with E-state index in [0.717, 1.165) is 64.2 Å². The molecule has 0 aromatic rings. The number of nitrogens with zero attached hydrogens (tertiary/aromatic N) is 3. The van der Waals surface area contributed by atoms with Crippen LogP contribution in [0.25, 0.3) is 0 Å². The van der Waals surface area contributed by atoms with Crippen LogP contribution in [0.5, 0.6) is 0 Å². The van der Waals surface area contributed by atoms with Gasteiger partial charge in [-0.25, -0.2) is 0 Å². The zero-order valence-electron chi connectivity index (χ0n) is 63.9.